The molecule has 7 heteroatoms. The van der Waals surface area contributed by atoms with E-state index in [4.69, 9.17) is 10.5 Å². The van der Waals surface area contributed by atoms with Gasteiger partial charge < -0.3 is 15.5 Å². The van der Waals surface area contributed by atoms with E-state index in [2.05, 4.69) is 15.0 Å². The number of imidazole rings is 1. The molecule has 0 aliphatic rings. The molecule has 0 aliphatic heterocycles. The maximum absolute atomic E-state index is 12.0. The number of para-hydroxylation sites is 2. The number of aromatic amines is 1. The summed E-state index contributed by atoms with van der Waals surface area (Å²) in [7, 11) is 0. The molecule has 7 nitrogen and oxygen atoms in total. The number of hydrogen-bond donors (Lipinski definition) is 2. The third kappa shape index (κ3) is 1.80. The minimum Gasteiger partial charge on any atom is -0.492 e. The fourth-order valence-electron chi connectivity index (χ4n) is 2.10. The first kappa shape index (κ1) is 12.2. The number of nitrogens with one attached hydrogen (secondary N) is 1. The molecule has 1 aromatic carbocycles. The molecule has 102 valence electrons. The minimum atomic E-state index is -0.300. The van der Waals surface area contributed by atoms with E-state index in [0.717, 1.165) is 0 Å². The van der Waals surface area contributed by atoms with E-state index in [-0.39, 0.29) is 11.5 Å². The maximum atomic E-state index is 12.0. The summed E-state index contributed by atoms with van der Waals surface area (Å²) in [5, 5.41) is 0. The van der Waals surface area contributed by atoms with Crippen LogP contribution in [0.5, 0.6) is 5.75 Å². The zero-order chi connectivity index (χ0) is 14.1. The van der Waals surface area contributed by atoms with E-state index in [1.807, 2.05) is 31.2 Å². The highest BCUT2D eigenvalue weighted by Gasteiger charge is 2.16. The number of H-pyrrole nitrogens is 1. The first-order valence-corrected chi connectivity index (χ1v) is 6.16. The van der Waals surface area contributed by atoms with Crippen LogP contribution in [-0.2, 0) is 0 Å². The number of hydrogen-bond acceptors (Lipinski definition) is 5. The number of ether oxygens (including phenoxy) is 1. The van der Waals surface area contributed by atoms with E-state index in [1.54, 1.807) is 4.57 Å². The number of aromatic nitrogens is 4. The Morgan fingerprint density at radius 2 is 2.20 bits per heavy atom. The predicted octanol–water partition coefficient (Wildman–Crippen LogP) is 1.09. The van der Waals surface area contributed by atoms with Crippen LogP contribution in [0.25, 0.3) is 16.9 Å². The van der Waals surface area contributed by atoms with Gasteiger partial charge >= 0.3 is 0 Å². The highest BCUT2D eigenvalue weighted by Crippen LogP contribution is 2.27. The quantitative estimate of drug-likeness (QED) is 0.743. The second-order valence-electron chi connectivity index (χ2n) is 4.11. The Kier molecular flexibility index (Phi) is 2.86. The van der Waals surface area contributed by atoms with Gasteiger partial charge in [-0.3, -0.25) is 9.36 Å². The Morgan fingerprint density at radius 1 is 1.40 bits per heavy atom. The summed E-state index contributed by atoms with van der Waals surface area (Å²) in [4.78, 5) is 22.6. The van der Waals surface area contributed by atoms with E-state index in [0.29, 0.717) is 29.2 Å². The second kappa shape index (κ2) is 4.69. The molecular formula is C13H13N5O2. The van der Waals surface area contributed by atoms with Crippen molar-refractivity contribution >= 4 is 17.1 Å². The molecule has 0 bridgehead atoms. The second-order valence-corrected chi connectivity index (χ2v) is 4.11. The van der Waals surface area contributed by atoms with Gasteiger partial charge in [0.2, 0.25) is 5.95 Å². The number of nitrogens with two attached hydrogens (primary N) is 1. The molecule has 20 heavy (non-hydrogen) atoms. The molecule has 3 rings (SSSR count). The lowest BCUT2D eigenvalue weighted by Crippen LogP contribution is -2.12. The molecule has 3 aromatic rings. The van der Waals surface area contributed by atoms with Crippen molar-refractivity contribution in [1.29, 1.82) is 0 Å². The molecule has 3 N–H and O–H groups in total. The summed E-state index contributed by atoms with van der Waals surface area (Å²) < 4.78 is 7.12. The van der Waals surface area contributed by atoms with Crippen molar-refractivity contribution in [1.82, 2.24) is 19.5 Å². The number of nitrogens with zero attached hydrogens (tertiary/aromatic N) is 3. The molecule has 0 spiro atoms. The summed E-state index contributed by atoms with van der Waals surface area (Å²) in [6.45, 7) is 2.40. The Morgan fingerprint density at radius 3 is 3.00 bits per heavy atom. The van der Waals surface area contributed by atoms with Crippen molar-refractivity contribution < 1.29 is 4.74 Å². The maximum Gasteiger partial charge on any atom is 0.277 e. The molecule has 2 aromatic heterocycles. The third-order valence-corrected chi connectivity index (χ3v) is 2.89. The summed E-state index contributed by atoms with van der Waals surface area (Å²) in [5.74, 6) is 0.820. The van der Waals surface area contributed by atoms with Crippen molar-refractivity contribution in [2.75, 3.05) is 12.3 Å². The molecule has 0 unspecified atom stereocenters. The van der Waals surface area contributed by atoms with Crippen molar-refractivity contribution in [3.8, 4) is 11.4 Å². The number of benzene rings is 1. The molecular weight excluding hydrogens is 258 g/mol. The Bertz CT molecular complexity index is 821. The van der Waals surface area contributed by atoms with Crippen LogP contribution < -0.4 is 16.0 Å². The van der Waals surface area contributed by atoms with Crippen LogP contribution in [-0.4, -0.2) is 26.1 Å². The van der Waals surface area contributed by atoms with Gasteiger partial charge in [0.05, 0.1) is 18.6 Å². The van der Waals surface area contributed by atoms with Gasteiger partial charge in [-0.25, -0.2) is 4.98 Å². The summed E-state index contributed by atoms with van der Waals surface area (Å²) >= 11 is 0. The van der Waals surface area contributed by atoms with Crippen LogP contribution in [0.2, 0.25) is 0 Å². The average Bonchev–Trinajstić information content (AvgIpc) is 2.77. The Balaban J connectivity index is 2.35. The van der Waals surface area contributed by atoms with Crippen molar-refractivity contribution in [3.63, 3.8) is 0 Å². The fourth-order valence-corrected chi connectivity index (χ4v) is 2.10. The average molecular weight is 271 g/mol. The lowest BCUT2D eigenvalue weighted by Gasteiger charge is -2.11. The van der Waals surface area contributed by atoms with Gasteiger partial charge in [0.15, 0.2) is 11.2 Å². The first-order chi connectivity index (χ1) is 9.72. The largest absolute Gasteiger partial charge is 0.492 e. The molecule has 0 amide bonds. The van der Waals surface area contributed by atoms with Crippen molar-refractivity contribution in [3.05, 3.63) is 40.9 Å². The summed E-state index contributed by atoms with van der Waals surface area (Å²) in [6.07, 6.45) is 1.30. The lowest BCUT2D eigenvalue weighted by atomic mass is 10.3. The van der Waals surface area contributed by atoms with Gasteiger partial charge in [-0.2, -0.15) is 4.98 Å². The molecule has 0 radical (unpaired) electrons. The highest BCUT2D eigenvalue weighted by molar-refractivity contribution is 5.77. The van der Waals surface area contributed by atoms with Gasteiger partial charge in [0.1, 0.15) is 5.75 Å². The van der Waals surface area contributed by atoms with Crippen LogP contribution in [0, 0.1) is 0 Å². The van der Waals surface area contributed by atoms with Crippen LogP contribution in [0.3, 0.4) is 0 Å². The van der Waals surface area contributed by atoms with E-state index in [1.165, 1.54) is 6.33 Å². The lowest BCUT2D eigenvalue weighted by molar-refractivity contribution is 0.339. The van der Waals surface area contributed by atoms with Gasteiger partial charge in [-0.1, -0.05) is 12.1 Å². The van der Waals surface area contributed by atoms with E-state index in [9.17, 15) is 4.79 Å². The standard InChI is InChI=1S/C13H13N5O2/c1-2-20-9-6-4-3-5-8(9)18-10-11(17-13(18)14)15-7-16-12(10)19/h3-7H,2H2,1H3,(H3,14,15,16,17,19). The molecule has 0 fully saturated rings. The highest BCUT2D eigenvalue weighted by atomic mass is 16.5. The van der Waals surface area contributed by atoms with Crippen LogP contribution in [0.15, 0.2) is 35.4 Å². The zero-order valence-corrected chi connectivity index (χ0v) is 10.8. The van der Waals surface area contributed by atoms with Crippen molar-refractivity contribution in [2.45, 2.75) is 6.92 Å². The minimum absolute atomic E-state index is 0.191. The topological polar surface area (TPSA) is 98.8 Å². The number of fused-ring (bicyclic) bond motifs is 1. The van der Waals surface area contributed by atoms with Crippen molar-refractivity contribution in [2.24, 2.45) is 0 Å². The smallest absolute Gasteiger partial charge is 0.277 e. The molecule has 0 saturated heterocycles. The summed E-state index contributed by atoms with van der Waals surface area (Å²) in [5.41, 5.74) is 6.89. The van der Waals surface area contributed by atoms with Crippen LogP contribution in [0.4, 0.5) is 5.95 Å². The predicted molar refractivity (Wildman–Crippen MR) is 75.1 cm³/mol. The first-order valence-electron chi connectivity index (χ1n) is 6.16. The Hall–Kier alpha value is -2.83. The van der Waals surface area contributed by atoms with Gasteiger partial charge in [-0.15, -0.1) is 0 Å². The fraction of sp³-hybridized carbons (Fsp3) is 0.154. The van der Waals surface area contributed by atoms with Crippen LogP contribution in [0.1, 0.15) is 6.92 Å². The summed E-state index contributed by atoms with van der Waals surface area (Å²) in [6, 6.07) is 7.32. The zero-order valence-electron chi connectivity index (χ0n) is 10.8. The third-order valence-electron chi connectivity index (χ3n) is 2.89. The van der Waals surface area contributed by atoms with Crippen LogP contribution >= 0.6 is 0 Å². The normalized spacial score (nSPS) is 10.8. The van der Waals surface area contributed by atoms with Gasteiger partial charge in [0, 0.05) is 0 Å². The van der Waals surface area contributed by atoms with E-state index >= 15 is 0 Å². The Labute approximate surface area is 114 Å². The molecule has 0 atom stereocenters. The molecule has 0 saturated carbocycles. The SMILES string of the molecule is CCOc1ccccc1-n1c(N)nc2nc[nH]c(=O)c21. The van der Waals surface area contributed by atoms with Gasteiger partial charge in [-0.05, 0) is 19.1 Å². The molecule has 2 heterocycles. The number of nitrogen functional groups attached to an aromatic ring is 1. The monoisotopic (exact) mass is 271 g/mol. The van der Waals surface area contributed by atoms with Gasteiger partial charge in [0.25, 0.3) is 5.56 Å². The number of anilines is 1. The van der Waals surface area contributed by atoms with E-state index < -0.39 is 0 Å². The number of rotatable bonds is 3. The molecule has 0 aliphatic carbocycles.